The molecule has 0 aromatic heterocycles. The molecule has 1 aromatic rings. The third-order valence-corrected chi connectivity index (χ3v) is 6.76. The quantitative estimate of drug-likeness (QED) is 0.813. The summed E-state index contributed by atoms with van der Waals surface area (Å²) in [5.41, 5.74) is 4.79. The van der Waals surface area contributed by atoms with E-state index < -0.39 is 27.5 Å². The Hall–Kier alpha value is -1.26. The van der Waals surface area contributed by atoms with Crippen molar-refractivity contribution in [3.8, 4) is 0 Å². The molecular formula is C14H17F3N2O3S2. The number of amides is 1. The van der Waals surface area contributed by atoms with Crippen molar-refractivity contribution in [3.05, 3.63) is 29.3 Å². The summed E-state index contributed by atoms with van der Waals surface area (Å²) in [6.07, 6.45) is -4.04. The summed E-state index contributed by atoms with van der Waals surface area (Å²) in [4.78, 5) is 11.9. The van der Waals surface area contributed by atoms with Crippen LogP contribution in [0.15, 0.2) is 18.2 Å². The van der Waals surface area contributed by atoms with Gasteiger partial charge in [-0.15, -0.1) is 11.8 Å². The number of halogens is 3. The minimum atomic E-state index is -4.53. The molecule has 10 heteroatoms. The lowest BCUT2D eigenvalue weighted by Crippen LogP contribution is -2.18. The predicted octanol–water partition coefficient (Wildman–Crippen LogP) is 2.02. The number of sulfone groups is 1. The molecule has 5 nitrogen and oxygen atoms in total. The first-order valence-corrected chi connectivity index (χ1v) is 9.99. The average molecular weight is 382 g/mol. The van der Waals surface area contributed by atoms with Crippen LogP contribution >= 0.6 is 11.8 Å². The van der Waals surface area contributed by atoms with Crippen LogP contribution in [0, 0.1) is 0 Å². The van der Waals surface area contributed by atoms with Crippen LogP contribution < -0.4 is 11.1 Å². The van der Waals surface area contributed by atoms with Crippen LogP contribution in [0.2, 0.25) is 0 Å². The Kier molecular flexibility index (Phi) is 5.82. The van der Waals surface area contributed by atoms with Gasteiger partial charge < -0.3 is 11.1 Å². The van der Waals surface area contributed by atoms with Crippen molar-refractivity contribution in [1.29, 1.82) is 0 Å². The maximum atomic E-state index is 12.8. The van der Waals surface area contributed by atoms with Gasteiger partial charge in [0.15, 0.2) is 9.84 Å². The summed E-state index contributed by atoms with van der Waals surface area (Å²) >= 11 is 1.20. The maximum absolute atomic E-state index is 12.8. The van der Waals surface area contributed by atoms with Gasteiger partial charge in [0.25, 0.3) is 0 Å². The fourth-order valence-corrected chi connectivity index (χ4v) is 5.77. The highest BCUT2D eigenvalue weighted by Gasteiger charge is 2.31. The van der Waals surface area contributed by atoms with Gasteiger partial charge in [-0.25, -0.2) is 8.42 Å². The van der Waals surface area contributed by atoms with Crippen molar-refractivity contribution >= 4 is 33.2 Å². The molecule has 134 valence electrons. The predicted molar refractivity (Wildman–Crippen MR) is 87.5 cm³/mol. The van der Waals surface area contributed by atoms with Crippen LogP contribution in [0.25, 0.3) is 0 Å². The molecule has 1 aliphatic rings. The summed E-state index contributed by atoms with van der Waals surface area (Å²) in [6.45, 7) is -0.0819. The van der Waals surface area contributed by atoms with Crippen LogP contribution in [0.1, 0.15) is 17.5 Å². The number of hydrogen-bond donors (Lipinski definition) is 2. The lowest BCUT2D eigenvalue weighted by molar-refractivity contribution is -0.137. The van der Waals surface area contributed by atoms with E-state index in [0.717, 1.165) is 12.1 Å². The number of anilines is 1. The molecule has 1 heterocycles. The molecule has 0 aliphatic carbocycles. The number of thioether (sulfide) groups is 1. The van der Waals surface area contributed by atoms with Crippen molar-refractivity contribution in [2.45, 2.75) is 24.4 Å². The molecule has 1 aromatic carbocycles. The van der Waals surface area contributed by atoms with Crippen LogP contribution in [-0.2, 0) is 27.4 Å². The summed E-state index contributed by atoms with van der Waals surface area (Å²) in [6, 6.07) is 3.17. The van der Waals surface area contributed by atoms with E-state index in [4.69, 9.17) is 5.73 Å². The molecule has 0 bridgehead atoms. The van der Waals surface area contributed by atoms with Crippen molar-refractivity contribution in [2.75, 3.05) is 22.6 Å². The second-order valence-corrected chi connectivity index (χ2v) is 9.02. The Bertz CT molecular complexity index is 720. The third kappa shape index (κ3) is 5.38. The molecule has 1 fully saturated rings. The molecule has 1 unspecified atom stereocenters. The zero-order valence-corrected chi connectivity index (χ0v) is 14.2. The second kappa shape index (κ2) is 7.32. The minimum absolute atomic E-state index is 0.0195. The summed E-state index contributed by atoms with van der Waals surface area (Å²) < 4.78 is 61.2. The first-order chi connectivity index (χ1) is 11.1. The lowest BCUT2D eigenvalue weighted by atomic mass is 10.1. The van der Waals surface area contributed by atoms with E-state index in [2.05, 4.69) is 5.32 Å². The van der Waals surface area contributed by atoms with Gasteiger partial charge in [0, 0.05) is 17.5 Å². The fourth-order valence-electron chi connectivity index (χ4n) is 2.33. The first-order valence-electron chi connectivity index (χ1n) is 7.12. The maximum Gasteiger partial charge on any atom is 0.416 e. The van der Waals surface area contributed by atoms with Crippen LogP contribution in [-0.4, -0.2) is 36.8 Å². The Morgan fingerprint density at radius 1 is 1.33 bits per heavy atom. The summed E-state index contributed by atoms with van der Waals surface area (Å²) in [5, 5.41) is 2.26. The van der Waals surface area contributed by atoms with E-state index in [1.165, 1.54) is 17.8 Å². The standard InChI is InChI=1S/C14H17F3N2O3S2/c15-14(16,17)10-3-9(6-18)4-11(5-10)19-13(20)7-23-12-1-2-24(21,22)8-12/h3-5,12H,1-2,6-8,18H2,(H,19,20). The summed E-state index contributed by atoms with van der Waals surface area (Å²) in [5.74, 6) is -0.355. The monoisotopic (exact) mass is 382 g/mol. The zero-order valence-electron chi connectivity index (χ0n) is 12.6. The highest BCUT2D eigenvalue weighted by Crippen LogP contribution is 2.32. The molecule has 1 saturated heterocycles. The van der Waals surface area contributed by atoms with Gasteiger partial charge >= 0.3 is 6.18 Å². The molecule has 2 rings (SSSR count). The lowest BCUT2D eigenvalue weighted by Gasteiger charge is -2.13. The number of rotatable bonds is 5. The van der Waals surface area contributed by atoms with E-state index >= 15 is 0 Å². The normalized spacial score (nSPS) is 20.1. The molecular weight excluding hydrogens is 365 g/mol. The Morgan fingerprint density at radius 2 is 2.04 bits per heavy atom. The molecule has 0 radical (unpaired) electrons. The number of carbonyl (C=O) groups is 1. The zero-order chi connectivity index (χ0) is 18.0. The van der Waals surface area contributed by atoms with Crippen molar-refractivity contribution < 1.29 is 26.4 Å². The van der Waals surface area contributed by atoms with E-state index in [0.29, 0.717) is 6.42 Å². The van der Waals surface area contributed by atoms with E-state index in [1.54, 1.807) is 0 Å². The van der Waals surface area contributed by atoms with Crippen molar-refractivity contribution in [1.82, 2.24) is 0 Å². The molecule has 3 N–H and O–H groups in total. The number of nitrogens with two attached hydrogens (primary N) is 1. The number of carbonyl (C=O) groups excluding carboxylic acids is 1. The molecule has 0 spiro atoms. The Morgan fingerprint density at radius 3 is 2.58 bits per heavy atom. The number of benzene rings is 1. The van der Waals surface area contributed by atoms with Gasteiger partial charge in [-0.2, -0.15) is 13.2 Å². The van der Waals surface area contributed by atoms with Crippen LogP contribution in [0.4, 0.5) is 18.9 Å². The van der Waals surface area contributed by atoms with E-state index in [1.807, 2.05) is 0 Å². The van der Waals surface area contributed by atoms with Gasteiger partial charge in [0.2, 0.25) is 5.91 Å². The molecule has 0 saturated carbocycles. The van der Waals surface area contributed by atoms with Gasteiger partial charge in [0.1, 0.15) is 0 Å². The SMILES string of the molecule is NCc1cc(NC(=O)CSC2CCS(=O)(=O)C2)cc(C(F)(F)F)c1. The second-order valence-electron chi connectivity index (χ2n) is 5.50. The van der Waals surface area contributed by atoms with Crippen LogP contribution in [0.3, 0.4) is 0 Å². The van der Waals surface area contributed by atoms with Gasteiger partial charge in [-0.3, -0.25) is 4.79 Å². The minimum Gasteiger partial charge on any atom is -0.326 e. The summed E-state index contributed by atoms with van der Waals surface area (Å²) in [7, 11) is -3.02. The average Bonchev–Trinajstić information content (AvgIpc) is 2.83. The van der Waals surface area contributed by atoms with Crippen molar-refractivity contribution in [3.63, 3.8) is 0 Å². The largest absolute Gasteiger partial charge is 0.416 e. The molecule has 1 atom stereocenters. The number of hydrogen-bond acceptors (Lipinski definition) is 5. The number of alkyl halides is 3. The smallest absolute Gasteiger partial charge is 0.326 e. The molecule has 24 heavy (non-hydrogen) atoms. The molecule has 1 amide bonds. The Labute approximate surface area is 142 Å². The topological polar surface area (TPSA) is 89.3 Å². The highest BCUT2D eigenvalue weighted by molar-refractivity contribution is 8.02. The van der Waals surface area contributed by atoms with Crippen molar-refractivity contribution in [2.24, 2.45) is 5.73 Å². The third-order valence-electron chi connectivity index (χ3n) is 3.48. The van der Waals surface area contributed by atoms with Crippen LogP contribution in [0.5, 0.6) is 0 Å². The first kappa shape index (κ1) is 19.1. The number of nitrogens with one attached hydrogen (secondary N) is 1. The van der Waals surface area contributed by atoms with E-state index in [9.17, 15) is 26.4 Å². The van der Waals surface area contributed by atoms with Gasteiger partial charge in [-0.05, 0) is 30.2 Å². The van der Waals surface area contributed by atoms with E-state index in [-0.39, 0.29) is 40.3 Å². The van der Waals surface area contributed by atoms with Gasteiger partial charge in [0.05, 0.1) is 22.8 Å². The fraction of sp³-hybridized carbons (Fsp3) is 0.500. The highest BCUT2D eigenvalue weighted by atomic mass is 32.2. The van der Waals surface area contributed by atoms with Gasteiger partial charge in [-0.1, -0.05) is 0 Å². The molecule has 1 aliphatic heterocycles. The Balaban J connectivity index is 1.98.